The molecule has 2 N–H and O–H groups in total. The first-order chi connectivity index (χ1) is 19.9. The Kier molecular flexibility index (Phi) is 8.01. The highest BCUT2D eigenvalue weighted by Gasteiger charge is 2.48. The van der Waals surface area contributed by atoms with Gasteiger partial charge < -0.3 is 20.1 Å². The lowest BCUT2D eigenvalue weighted by Gasteiger charge is -2.33. The van der Waals surface area contributed by atoms with E-state index in [4.69, 9.17) is 21.1 Å². The number of methoxy groups -OCH3 is 1. The van der Waals surface area contributed by atoms with Gasteiger partial charge in [0.1, 0.15) is 28.1 Å². The maximum absolute atomic E-state index is 14.1. The van der Waals surface area contributed by atoms with Gasteiger partial charge in [-0.25, -0.2) is 4.68 Å². The van der Waals surface area contributed by atoms with Crippen LogP contribution >= 0.6 is 27.5 Å². The predicted molar refractivity (Wildman–Crippen MR) is 152 cm³/mol. The molecule has 2 atom stereocenters. The highest BCUT2D eigenvalue weighted by atomic mass is 79.9. The molecule has 218 valence electrons. The Morgan fingerprint density at radius 1 is 1.12 bits per heavy atom. The molecule has 0 aliphatic carbocycles. The second-order valence-electron chi connectivity index (χ2n) is 9.20. The Balaban J connectivity index is 1.45. The number of fused-ring (bicyclic) bond motifs is 1. The van der Waals surface area contributed by atoms with E-state index in [2.05, 4.69) is 31.7 Å². The summed E-state index contributed by atoms with van der Waals surface area (Å²) in [5.41, 5.74) is -0.392. The van der Waals surface area contributed by atoms with E-state index in [9.17, 15) is 28.1 Å². The van der Waals surface area contributed by atoms with Crippen LogP contribution in [0.5, 0.6) is 17.2 Å². The molecule has 15 heteroatoms. The number of nitro groups is 1. The minimum Gasteiger partial charge on any atom is -0.497 e. The minimum absolute atomic E-state index is 0.0400. The number of carbonyl (C=O) groups is 1. The smallest absolute Gasteiger partial charge is 0.410 e. The van der Waals surface area contributed by atoms with Crippen molar-refractivity contribution in [2.45, 2.75) is 24.7 Å². The molecule has 3 aromatic carbocycles. The maximum atomic E-state index is 14.1. The van der Waals surface area contributed by atoms with Gasteiger partial charge in [-0.3, -0.25) is 14.9 Å². The number of nitrogens with one attached hydrogen (secondary N) is 2. The molecule has 0 radical (unpaired) electrons. The Bertz CT molecular complexity index is 1650. The fourth-order valence-electron chi connectivity index (χ4n) is 4.44. The molecular weight excluding hydrogens is 647 g/mol. The van der Waals surface area contributed by atoms with Gasteiger partial charge in [-0.1, -0.05) is 39.7 Å². The number of carbonyl (C=O) groups excluding carboxylic acids is 1. The number of aromatic nitrogens is 2. The van der Waals surface area contributed by atoms with Crippen molar-refractivity contribution in [2.24, 2.45) is 0 Å². The van der Waals surface area contributed by atoms with Crippen LogP contribution in [0.15, 0.2) is 71.2 Å². The number of nitrogens with zero attached hydrogens (tertiary/aromatic N) is 3. The van der Waals surface area contributed by atoms with E-state index in [1.165, 1.54) is 13.2 Å². The molecule has 5 rings (SSSR count). The zero-order valence-electron chi connectivity index (χ0n) is 21.5. The van der Waals surface area contributed by atoms with Crippen LogP contribution in [0.4, 0.5) is 30.4 Å². The van der Waals surface area contributed by atoms with Crippen molar-refractivity contribution < 1.29 is 32.4 Å². The van der Waals surface area contributed by atoms with Gasteiger partial charge in [0.05, 0.1) is 29.8 Å². The molecule has 1 aliphatic heterocycles. The van der Waals surface area contributed by atoms with Crippen LogP contribution in [0.3, 0.4) is 0 Å². The fourth-order valence-corrected chi connectivity index (χ4v) is 4.97. The topological polar surface area (TPSA) is 121 Å². The van der Waals surface area contributed by atoms with Gasteiger partial charge in [0, 0.05) is 23.0 Å². The third-order valence-corrected chi connectivity index (χ3v) is 7.32. The number of benzene rings is 3. The quantitative estimate of drug-likeness (QED) is 0.152. The average Bonchev–Trinajstić information content (AvgIpc) is 3.29. The first-order valence-electron chi connectivity index (χ1n) is 12.2. The van der Waals surface area contributed by atoms with Crippen molar-refractivity contribution in [2.75, 3.05) is 17.7 Å². The molecule has 0 bridgehead atoms. The SMILES string of the molecule is COc1ccc([C@@H]2C[C@@H](C(F)(F)F)n3nc(C(=O)Nc4cc(Oc5ccc(Br)cc5)cc([N+](=O)[O-])c4)c(Cl)c3N2)cc1. The summed E-state index contributed by atoms with van der Waals surface area (Å²) in [6.45, 7) is 0. The summed E-state index contributed by atoms with van der Waals surface area (Å²) in [4.78, 5) is 24.1. The molecule has 0 unspecified atom stereocenters. The highest BCUT2D eigenvalue weighted by Crippen LogP contribution is 2.46. The van der Waals surface area contributed by atoms with Crippen LogP contribution in [0.1, 0.15) is 34.6 Å². The number of anilines is 2. The first-order valence-corrected chi connectivity index (χ1v) is 13.4. The Morgan fingerprint density at radius 2 is 1.79 bits per heavy atom. The molecule has 10 nitrogen and oxygen atoms in total. The lowest BCUT2D eigenvalue weighted by atomic mass is 9.97. The second kappa shape index (κ2) is 11.5. The molecule has 1 aromatic heterocycles. The average molecular weight is 667 g/mol. The predicted octanol–water partition coefficient (Wildman–Crippen LogP) is 7.92. The van der Waals surface area contributed by atoms with Crippen LogP contribution in [0.2, 0.25) is 5.02 Å². The summed E-state index contributed by atoms with van der Waals surface area (Å²) in [5.74, 6) is -0.208. The monoisotopic (exact) mass is 665 g/mol. The molecule has 4 aromatic rings. The number of nitro benzene ring substituents is 1. The summed E-state index contributed by atoms with van der Waals surface area (Å²) in [5, 5.41) is 20.5. The lowest BCUT2D eigenvalue weighted by molar-refractivity contribution is -0.384. The van der Waals surface area contributed by atoms with Crippen LogP contribution in [-0.4, -0.2) is 33.9 Å². The van der Waals surface area contributed by atoms with Gasteiger partial charge in [0.2, 0.25) is 0 Å². The molecule has 0 saturated carbocycles. The minimum atomic E-state index is -4.70. The number of hydrogen-bond donors (Lipinski definition) is 2. The number of ether oxygens (including phenoxy) is 2. The van der Waals surface area contributed by atoms with E-state index in [0.717, 1.165) is 16.6 Å². The van der Waals surface area contributed by atoms with E-state index in [0.29, 0.717) is 21.7 Å². The fraction of sp³-hybridized carbons (Fsp3) is 0.185. The van der Waals surface area contributed by atoms with E-state index in [1.54, 1.807) is 48.5 Å². The van der Waals surface area contributed by atoms with Crippen molar-refractivity contribution >= 4 is 50.6 Å². The summed E-state index contributed by atoms with van der Waals surface area (Å²) < 4.78 is 54.7. The van der Waals surface area contributed by atoms with Gasteiger partial charge in [0.25, 0.3) is 11.6 Å². The Morgan fingerprint density at radius 3 is 2.40 bits per heavy atom. The number of non-ortho nitro benzene ring substituents is 1. The van der Waals surface area contributed by atoms with Gasteiger partial charge in [-0.15, -0.1) is 0 Å². The van der Waals surface area contributed by atoms with E-state index in [1.807, 2.05) is 0 Å². The Hall–Kier alpha value is -4.30. The van der Waals surface area contributed by atoms with Crippen molar-refractivity contribution in [3.63, 3.8) is 0 Å². The second-order valence-corrected chi connectivity index (χ2v) is 10.5. The standard InChI is InChI=1S/C27H20BrClF3N5O5/c1-41-18-6-2-14(3-7-18)21-13-22(27(30,31)32)36-25(34-21)23(29)24(35-36)26(38)33-16-10-17(37(39)40)12-20(11-16)42-19-8-4-15(28)5-9-19/h2-12,21-22,34H,13H2,1H3,(H,33,38)/t21-,22-/m0/s1. The molecule has 1 aliphatic rings. The lowest BCUT2D eigenvalue weighted by Crippen LogP contribution is -2.35. The third kappa shape index (κ3) is 6.14. The Labute approximate surface area is 249 Å². The van der Waals surface area contributed by atoms with Crippen molar-refractivity contribution in [3.8, 4) is 17.2 Å². The van der Waals surface area contributed by atoms with E-state index in [-0.39, 0.29) is 22.3 Å². The highest BCUT2D eigenvalue weighted by molar-refractivity contribution is 9.10. The van der Waals surface area contributed by atoms with Crippen LogP contribution in [-0.2, 0) is 0 Å². The van der Waals surface area contributed by atoms with Crippen LogP contribution < -0.4 is 20.1 Å². The molecule has 0 saturated heterocycles. The number of amides is 1. The van der Waals surface area contributed by atoms with E-state index >= 15 is 0 Å². The zero-order chi connectivity index (χ0) is 30.2. The number of halogens is 5. The molecule has 0 spiro atoms. The zero-order valence-corrected chi connectivity index (χ0v) is 23.8. The first kappa shape index (κ1) is 29.2. The molecule has 0 fully saturated rings. The van der Waals surface area contributed by atoms with Gasteiger partial charge in [-0.05, 0) is 42.0 Å². The molecule has 42 heavy (non-hydrogen) atoms. The number of alkyl halides is 3. The van der Waals surface area contributed by atoms with Crippen molar-refractivity contribution in [1.82, 2.24) is 9.78 Å². The van der Waals surface area contributed by atoms with Crippen LogP contribution in [0.25, 0.3) is 0 Å². The third-order valence-electron chi connectivity index (χ3n) is 6.44. The van der Waals surface area contributed by atoms with Crippen LogP contribution in [0, 0.1) is 10.1 Å². The summed E-state index contributed by atoms with van der Waals surface area (Å²) in [6, 6.07) is 13.9. The van der Waals surface area contributed by atoms with Crippen molar-refractivity contribution in [3.05, 3.63) is 97.6 Å². The summed E-state index contributed by atoms with van der Waals surface area (Å²) in [7, 11) is 1.47. The summed E-state index contributed by atoms with van der Waals surface area (Å²) in [6.07, 6.45) is -5.12. The number of rotatable bonds is 7. The summed E-state index contributed by atoms with van der Waals surface area (Å²) >= 11 is 9.72. The number of hydrogen-bond acceptors (Lipinski definition) is 7. The normalized spacial score (nSPS) is 16.2. The molecule has 1 amide bonds. The molecular formula is C27H20BrClF3N5O5. The van der Waals surface area contributed by atoms with E-state index < -0.39 is 46.9 Å². The van der Waals surface area contributed by atoms with Gasteiger partial charge in [0.15, 0.2) is 11.7 Å². The van der Waals surface area contributed by atoms with Gasteiger partial charge in [-0.2, -0.15) is 18.3 Å². The maximum Gasteiger partial charge on any atom is 0.410 e. The van der Waals surface area contributed by atoms with Gasteiger partial charge >= 0.3 is 6.18 Å². The van der Waals surface area contributed by atoms with Crippen molar-refractivity contribution in [1.29, 1.82) is 0 Å². The molecule has 2 heterocycles. The largest absolute Gasteiger partial charge is 0.497 e.